The van der Waals surface area contributed by atoms with Crippen molar-refractivity contribution in [1.82, 2.24) is 19.5 Å². The highest BCUT2D eigenvalue weighted by Crippen LogP contribution is 2.28. The Morgan fingerprint density at radius 2 is 1.91 bits per heavy atom. The van der Waals surface area contributed by atoms with Crippen molar-refractivity contribution in [2.45, 2.75) is 6.54 Å². The molecule has 0 spiro atoms. The quantitative estimate of drug-likeness (QED) is 0.627. The molecule has 0 aliphatic carbocycles. The Labute approximate surface area is 126 Å². The summed E-state index contributed by atoms with van der Waals surface area (Å²) in [6.45, 7) is 0.654. The summed E-state index contributed by atoms with van der Waals surface area (Å²) in [6.07, 6.45) is 3.28. The molecular formula is C16H13N5O. The third kappa shape index (κ3) is 2.10. The fourth-order valence-electron chi connectivity index (χ4n) is 2.37. The van der Waals surface area contributed by atoms with Crippen LogP contribution in [-0.2, 0) is 6.54 Å². The molecule has 2 N–H and O–H groups in total. The number of anilines is 1. The van der Waals surface area contributed by atoms with E-state index in [1.807, 2.05) is 28.8 Å². The molecule has 6 nitrogen and oxygen atoms in total. The van der Waals surface area contributed by atoms with Crippen molar-refractivity contribution in [3.63, 3.8) is 0 Å². The highest BCUT2D eigenvalue weighted by Gasteiger charge is 2.20. The zero-order valence-electron chi connectivity index (χ0n) is 11.7. The predicted octanol–water partition coefficient (Wildman–Crippen LogP) is 2.67. The molecule has 0 radical (unpaired) electrons. The van der Waals surface area contributed by atoms with E-state index in [9.17, 15) is 0 Å². The number of hydrogen-bond donors (Lipinski definition) is 1. The second-order valence-electron chi connectivity index (χ2n) is 4.94. The summed E-state index contributed by atoms with van der Waals surface area (Å²) in [4.78, 5) is 13.2. The van der Waals surface area contributed by atoms with Crippen LogP contribution in [0.3, 0.4) is 0 Å². The van der Waals surface area contributed by atoms with Crippen LogP contribution in [0.5, 0.6) is 0 Å². The monoisotopic (exact) mass is 291 g/mol. The standard InChI is InChI=1S/C16H13N5O/c17-14-13-16(20-15(19-13)12-7-4-8-22-12)21(10-18-14)9-11-5-2-1-3-6-11/h1-8,10H,9,17H2. The van der Waals surface area contributed by atoms with Gasteiger partial charge in [0.15, 0.2) is 28.9 Å². The SMILES string of the molecule is Nc1ncn(Cc2ccccc2)c2nc(-c3ccco3)nc1-2. The summed E-state index contributed by atoms with van der Waals surface area (Å²) in [7, 11) is 0. The summed E-state index contributed by atoms with van der Waals surface area (Å²) in [5.74, 6) is 2.19. The maximum absolute atomic E-state index is 5.93. The second kappa shape index (κ2) is 5.00. The number of fused-ring (bicyclic) bond motifs is 1. The second-order valence-corrected chi connectivity index (χ2v) is 4.94. The number of furan rings is 1. The third-order valence-corrected chi connectivity index (χ3v) is 3.43. The Hall–Kier alpha value is -3.15. The highest BCUT2D eigenvalue weighted by molar-refractivity contribution is 5.69. The van der Waals surface area contributed by atoms with Crippen LogP contribution in [0.25, 0.3) is 23.1 Å². The van der Waals surface area contributed by atoms with Gasteiger partial charge in [0.25, 0.3) is 0 Å². The summed E-state index contributed by atoms with van der Waals surface area (Å²) < 4.78 is 7.28. The van der Waals surface area contributed by atoms with E-state index in [0.717, 1.165) is 5.56 Å². The molecule has 0 atom stereocenters. The van der Waals surface area contributed by atoms with Gasteiger partial charge in [-0.1, -0.05) is 30.3 Å². The fourth-order valence-corrected chi connectivity index (χ4v) is 2.37. The minimum atomic E-state index is 0.365. The molecule has 4 rings (SSSR count). The lowest BCUT2D eigenvalue weighted by atomic mass is 10.2. The molecule has 108 valence electrons. The molecule has 0 fully saturated rings. The number of nitrogens with two attached hydrogens (primary N) is 1. The molecule has 3 heterocycles. The van der Waals surface area contributed by atoms with Gasteiger partial charge in [0.05, 0.1) is 19.1 Å². The minimum absolute atomic E-state index is 0.365. The smallest absolute Gasteiger partial charge is 0.198 e. The van der Waals surface area contributed by atoms with E-state index >= 15 is 0 Å². The van der Waals surface area contributed by atoms with E-state index in [2.05, 4.69) is 27.1 Å². The average Bonchev–Trinajstić information content (AvgIpc) is 3.20. The number of nitrogens with zero attached hydrogens (tertiary/aromatic N) is 4. The lowest BCUT2D eigenvalue weighted by molar-refractivity contribution is 0.578. The zero-order chi connectivity index (χ0) is 14.9. The Morgan fingerprint density at radius 3 is 2.68 bits per heavy atom. The van der Waals surface area contributed by atoms with Crippen LogP contribution in [0.15, 0.2) is 59.5 Å². The predicted molar refractivity (Wildman–Crippen MR) is 82.1 cm³/mol. The maximum atomic E-state index is 5.93. The summed E-state index contributed by atoms with van der Waals surface area (Å²) >= 11 is 0. The van der Waals surface area contributed by atoms with Crippen molar-refractivity contribution in [2.24, 2.45) is 0 Å². The molecule has 2 aliphatic heterocycles. The lowest BCUT2D eigenvalue weighted by Gasteiger charge is -2.11. The first-order valence-corrected chi connectivity index (χ1v) is 6.87. The van der Waals surface area contributed by atoms with Crippen LogP contribution in [0.4, 0.5) is 5.82 Å². The molecular weight excluding hydrogens is 278 g/mol. The largest absolute Gasteiger partial charge is 0.461 e. The molecule has 0 saturated heterocycles. The number of imidazole rings is 1. The number of aromatic nitrogens is 4. The van der Waals surface area contributed by atoms with Crippen molar-refractivity contribution >= 4 is 5.82 Å². The van der Waals surface area contributed by atoms with Gasteiger partial charge in [-0.15, -0.1) is 0 Å². The van der Waals surface area contributed by atoms with Crippen molar-refractivity contribution < 1.29 is 4.42 Å². The van der Waals surface area contributed by atoms with Gasteiger partial charge < -0.3 is 14.7 Å². The van der Waals surface area contributed by atoms with Crippen LogP contribution in [0.1, 0.15) is 5.56 Å². The van der Waals surface area contributed by atoms with Crippen molar-refractivity contribution in [2.75, 3.05) is 5.73 Å². The van der Waals surface area contributed by atoms with Gasteiger partial charge in [-0.05, 0) is 17.7 Å². The van der Waals surface area contributed by atoms with Crippen LogP contribution in [0.2, 0.25) is 0 Å². The third-order valence-electron chi connectivity index (χ3n) is 3.43. The Balaban J connectivity index is 1.81. The Bertz CT molecular complexity index is 867. The van der Waals surface area contributed by atoms with Crippen molar-refractivity contribution in [3.05, 3.63) is 60.6 Å². The molecule has 0 saturated carbocycles. The van der Waals surface area contributed by atoms with E-state index in [-0.39, 0.29) is 0 Å². The molecule has 22 heavy (non-hydrogen) atoms. The molecule has 1 aromatic carbocycles. The zero-order valence-corrected chi connectivity index (χ0v) is 11.7. The van der Waals surface area contributed by atoms with E-state index in [4.69, 9.17) is 10.2 Å². The van der Waals surface area contributed by atoms with E-state index < -0.39 is 0 Å². The molecule has 2 aliphatic rings. The normalized spacial score (nSPS) is 11.1. The first-order chi connectivity index (χ1) is 10.8. The van der Waals surface area contributed by atoms with E-state index in [0.29, 0.717) is 35.5 Å². The van der Waals surface area contributed by atoms with Gasteiger partial charge in [0.1, 0.15) is 0 Å². The lowest BCUT2D eigenvalue weighted by Crippen LogP contribution is -2.09. The van der Waals surface area contributed by atoms with E-state index in [1.165, 1.54) is 0 Å². The maximum Gasteiger partial charge on any atom is 0.198 e. The first-order valence-electron chi connectivity index (χ1n) is 6.87. The number of rotatable bonds is 3. The van der Waals surface area contributed by atoms with Gasteiger partial charge >= 0.3 is 0 Å². The van der Waals surface area contributed by atoms with Crippen LogP contribution < -0.4 is 5.73 Å². The van der Waals surface area contributed by atoms with Crippen LogP contribution in [-0.4, -0.2) is 19.5 Å². The first kappa shape index (κ1) is 12.6. The number of hydrogen-bond acceptors (Lipinski definition) is 5. The van der Waals surface area contributed by atoms with Crippen molar-refractivity contribution in [1.29, 1.82) is 0 Å². The summed E-state index contributed by atoms with van der Waals surface area (Å²) in [5, 5.41) is 0. The van der Waals surface area contributed by atoms with E-state index in [1.54, 1.807) is 18.7 Å². The minimum Gasteiger partial charge on any atom is -0.461 e. The molecule has 6 heteroatoms. The van der Waals surface area contributed by atoms with Gasteiger partial charge in [0.2, 0.25) is 0 Å². The molecule has 1 aromatic heterocycles. The summed E-state index contributed by atoms with van der Waals surface area (Å²) in [5.41, 5.74) is 7.67. The number of benzene rings is 1. The van der Waals surface area contributed by atoms with Gasteiger partial charge in [-0.2, -0.15) is 0 Å². The average molecular weight is 291 g/mol. The molecule has 0 amide bonds. The van der Waals surface area contributed by atoms with Crippen molar-refractivity contribution in [3.8, 4) is 23.1 Å². The number of nitrogen functional groups attached to an aromatic ring is 1. The highest BCUT2D eigenvalue weighted by atomic mass is 16.3. The molecule has 2 aromatic rings. The van der Waals surface area contributed by atoms with Crippen LogP contribution in [0, 0.1) is 0 Å². The topological polar surface area (TPSA) is 82.8 Å². The molecule has 0 unspecified atom stereocenters. The fraction of sp³-hybridized carbons (Fsp3) is 0.0625. The van der Waals surface area contributed by atoms with Crippen LogP contribution >= 0.6 is 0 Å². The summed E-state index contributed by atoms with van der Waals surface area (Å²) in [6, 6.07) is 13.7. The van der Waals surface area contributed by atoms with Gasteiger partial charge in [-0.25, -0.2) is 15.0 Å². The molecule has 0 bridgehead atoms. The Morgan fingerprint density at radius 1 is 1.05 bits per heavy atom. The van der Waals surface area contributed by atoms with Gasteiger partial charge in [-0.3, -0.25) is 0 Å². The Kier molecular flexibility index (Phi) is 2.86. The van der Waals surface area contributed by atoms with Gasteiger partial charge in [0, 0.05) is 0 Å².